The number of carbonyl (C=O) groups is 1. The van der Waals surface area contributed by atoms with E-state index in [9.17, 15) is 4.79 Å². The van der Waals surface area contributed by atoms with E-state index in [-0.39, 0.29) is 16.7 Å². The molecule has 0 atom stereocenters. The molecule has 1 heterocycles. The molecule has 0 spiro atoms. The third kappa shape index (κ3) is 4.71. The molecule has 0 N–H and O–H groups in total. The quantitative estimate of drug-likeness (QED) is 0.297. The van der Waals surface area contributed by atoms with Crippen LogP contribution in [0.5, 0.6) is 5.75 Å². The van der Waals surface area contributed by atoms with Gasteiger partial charge in [-0.25, -0.2) is 0 Å². The van der Waals surface area contributed by atoms with E-state index in [0.29, 0.717) is 22.5 Å². The minimum Gasteiger partial charge on any atom is -0.496 e. The Morgan fingerprint density at radius 2 is 1.68 bits per heavy atom. The molecule has 1 aromatic heterocycles. The largest absolute Gasteiger partial charge is 0.496 e. The van der Waals surface area contributed by atoms with Crippen LogP contribution in [0.3, 0.4) is 0 Å². The third-order valence-corrected chi connectivity index (χ3v) is 9.84. The van der Waals surface area contributed by atoms with E-state index < -0.39 is 0 Å². The molecule has 4 aliphatic rings. The van der Waals surface area contributed by atoms with Gasteiger partial charge in [0.25, 0.3) is 5.91 Å². The number of carbonyl (C=O) groups excluding carboxylic acids is 1. The summed E-state index contributed by atoms with van der Waals surface area (Å²) < 4.78 is 5.51. The summed E-state index contributed by atoms with van der Waals surface area (Å²) in [5.41, 5.74) is 5.52. The third-order valence-electron chi connectivity index (χ3n) is 9.41. The monoisotopic (exact) mass is 548 g/mol. The van der Waals surface area contributed by atoms with Crippen LogP contribution in [-0.4, -0.2) is 24.5 Å². The van der Waals surface area contributed by atoms with E-state index in [4.69, 9.17) is 27.9 Å². The molecule has 0 unspecified atom stereocenters. The lowest BCUT2D eigenvalue weighted by atomic mass is 9.51. The number of halogens is 2. The molecule has 0 radical (unpaired) electrons. The molecule has 6 heteroatoms. The van der Waals surface area contributed by atoms with Gasteiger partial charge in [-0.05, 0) is 122 Å². The lowest BCUT2D eigenvalue weighted by Gasteiger charge is -2.55. The highest BCUT2D eigenvalue weighted by atomic mass is 35.5. The Kier molecular flexibility index (Phi) is 6.68. The molecule has 0 saturated heterocycles. The van der Waals surface area contributed by atoms with Crippen molar-refractivity contribution in [3.8, 4) is 5.75 Å². The minimum absolute atomic E-state index is 0.0233. The van der Waals surface area contributed by atoms with Crippen LogP contribution in [0.1, 0.15) is 84.3 Å². The number of ether oxygens (including phenoxy) is 1. The molecule has 38 heavy (non-hydrogen) atoms. The van der Waals surface area contributed by atoms with Gasteiger partial charge in [0.15, 0.2) is 0 Å². The molecule has 7 rings (SSSR count). The van der Waals surface area contributed by atoms with Gasteiger partial charge in [0.1, 0.15) is 5.75 Å². The second-order valence-corrected chi connectivity index (χ2v) is 12.6. The number of fused-ring (bicyclic) bond motifs is 3. The second kappa shape index (κ2) is 9.88. The van der Waals surface area contributed by atoms with Gasteiger partial charge >= 0.3 is 0 Å². The number of amides is 1. The summed E-state index contributed by atoms with van der Waals surface area (Å²) in [6.07, 6.45) is 12.5. The molecule has 4 fully saturated rings. The van der Waals surface area contributed by atoms with Gasteiger partial charge in [0.05, 0.1) is 7.11 Å². The lowest BCUT2D eigenvalue weighted by molar-refractivity contribution is 0.0441. The summed E-state index contributed by atoms with van der Waals surface area (Å²) in [5.74, 6) is 1.40. The van der Waals surface area contributed by atoms with Gasteiger partial charge in [0.2, 0.25) is 0 Å². The average Bonchev–Trinajstić information content (AvgIpc) is 3.77. The molecular weight excluding hydrogens is 515 g/mol. The van der Waals surface area contributed by atoms with Gasteiger partial charge in [-0.1, -0.05) is 35.3 Å². The summed E-state index contributed by atoms with van der Waals surface area (Å²) >= 11 is 12.9. The molecule has 0 aliphatic heterocycles. The number of nitrogens with zero attached hydrogens (tertiary/aromatic N) is 2. The van der Waals surface area contributed by atoms with Crippen molar-refractivity contribution in [1.82, 2.24) is 4.98 Å². The second-order valence-electron chi connectivity index (χ2n) is 11.7. The molecule has 4 nitrogen and oxygen atoms in total. The van der Waals surface area contributed by atoms with Crippen molar-refractivity contribution in [2.45, 2.75) is 69.6 Å². The van der Waals surface area contributed by atoms with Gasteiger partial charge in [-0.3, -0.25) is 9.78 Å². The standard InChI is InChI=1S/C32H34Cl2N2O2/c1-21-15-23(5-6-29(21)38-2)32-11-8-31(9-12-32,10-13-32)20-36(26-17-24(33)16-25(34)18-26)30(37)27-7-14-35-19-28(27)22-3-4-22/h5-7,14-19,22H,3-4,8-13,20H2,1-2H3. The number of rotatable bonds is 7. The molecule has 2 aromatic carbocycles. The summed E-state index contributed by atoms with van der Waals surface area (Å²) in [5, 5.41) is 1.09. The van der Waals surface area contributed by atoms with Crippen LogP contribution in [0.25, 0.3) is 0 Å². The van der Waals surface area contributed by atoms with Gasteiger partial charge in [-0.2, -0.15) is 0 Å². The van der Waals surface area contributed by atoms with E-state index in [2.05, 4.69) is 30.1 Å². The first-order valence-corrected chi connectivity index (χ1v) is 14.4. The predicted molar refractivity (Wildman–Crippen MR) is 154 cm³/mol. The van der Waals surface area contributed by atoms with Crippen LogP contribution in [0.15, 0.2) is 54.9 Å². The van der Waals surface area contributed by atoms with Crippen LogP contribution in [0, 0.1) is 12.3 Å². The Hall–Kier alpha value is -2.56. The predicted octanol–water partition coefficient (Wildman–Crippen LogP) is 8.52. The number of benzene rings is 2. The maximum Gasteiger partial charge on any atom is 0.258 e. The lowest BCUT2D eigenvalue weighted by Crippen LogP contribution is -2.50. The van der Waals surface area contributed by atoms with Crippen LogP contribution in [0.4, 0.5) is 5.69 Å². The Morgan fingerprint density at radius 1 is 1.00 bits per heavy atom. The Labute approximate surface area is 235 Å². The number of methoxy groups -OCH3 is 1. The number of aryl methyl sites for hydroxylation is 1. The molecule has 198 valence electrons. The number of anilines is 1. The molecular formula is C32H34Cl2N2O2. The topological polar surface area (TPSA) is 42.4 Å². The highest BCUT2D eigenvalue weighted by Crippen LogP contribution is 2.58. The maximum atomic E-state index is 14.2. The molecule has 2 bridgehead atoms. The maximum absolute atomic E-state index is 14.2. The van der Waals surface area contributed by atoms with E-state index >= 15 is 0 Å². The van der Waals surface area contributed by atoms with E-state index in [1.807, 2.05) is 29.3 Å². The number of hydrogen-bond donors (Lipinski definition) is 0. The molecule has 3 aromatic rings. The SMILES string of the molecule is COc1ccc(C23CCC(CN(C(=O)c4ccncc4C4CC4)c4cc(Cl)cc(Cl)c4)(CC2)CC3)cc1C. The zero-order chi connectivity index (χ0) is 26.5. The van der Waals surface area contributed by atoms with Crippen LogP contribution in [0.2, 0.25) is 10.0 Å². The Morgan fingerprint density at radius 3 is 2.29 bits per heavy atom. The van der Waals surface area contributed by atoms with Crippen molar-refractivity contribution in [3.05, 3.63) is 87.2 Å². The minimum atomic E-state index is 0.0233. The van der Waals surface area contributed by atoms with E-state index in [1.54, 1.807) is 19.4 Å². The number of hydrogen-bond acceptors (Lipinski definition) is 3. The molecule has 4 aliphatic carbocycles. The highest BCUT2D eigenvalue weighted by molar-refractivity contribution is 6.35. The molecule has 4 saturated carbocycles. The van der Waals surface area contributed by atoms with Crippen molar-refractivity contribution in [2.75, 3.05) is 18.6 Å². The molecule has 1 amide bonds. The first-order valence-electron chi connectivity index (χ1n) is 13.7. The number of pyridine rings is 1. The fourth-order valence-corrected chi connectivity index (χ4v) is 7.43. The van der Waals surface area contributed by atoms with Crippen molar-refractivity contribution in [1.29, 1.82) is 0 Å². The number of aromatic nitrogens is 1. The van der Waals surface area contributed by atoms with Crippen molar-refractivity contribution < 1.29 is 9.53 Å². The van der Waals surface area contributed by atoms with Crippen LogP contribution >= 0.6 is 23.2 Å². The van der Waals surface area contributed by atoms with Gasteiger partial charge < -0.3 is 9.64 Å². The Balaban J connectivity index is 1.30. The summed E-state index contributed by atoms with van der Waals surface area (Å²) in [6, 6.07) is 14.0. The van der Waals surface area contributed by atoms with Crippen molar-refractivity contribution in [3.63, 3.8) is 0 Å². The van der Waals surface area contributed by atoms with Crippen LogP contribution in [-0.2, 0) is 5.41 Å². The van der Waals surface area contributed by atoms with E-state index in [0.717, 1.165) is 73.9 Å². The summed E-state index contributed by atoms with van der Waals surface area (Å²) in [4.78, 5) is 20.5. The van der Waals surface area contributed by atoms with Crippen molar-refractivity contribution >= 4 is 34.8 Å². The van der Waals surface area contributed by atoms with Crippen LogP contribution < -0.4 is 9.64 Å². The highest BCUT2D eigenvalue weighted by Gasteiger charge is 2.50. The van der Waals surface area contributed by atoms with Gasteiger partial charge in [-0.15, -0.1) is 0 Å². The first kappa shape index (κ1) is 25.7. The fraction of sp³-hybridized carbons (Fsp3) is 0.438. The van der Waals surface area contributed by atoms with E-state index in [1.165, 1.54) is 11.1 Å². The zero-order valence-corrected chi connectivity index (χ0v) is 23.6. The normalized spacial score (nSPS) is 24.3. The Bertz CT molecular complexity index is 1340. The van der Waals surface area contributed by atoms with Gasteiger partial charge in [0, 0.05) is 40.2 Å². The summed E-state index contributed by atoms with van der Waals surface area (Å²) in [7, 11) is 1.73. The van der Waals surface area contributed by atoms with Crippen molar-refractivity contribution in [2.24, 2.45) is 5.41 Å². The first-order chi connectivity index (χ1) is 18.3. The average molecular weight is 550 g/mol. The summed E-state index contributed by atoms with van der Waals surface area (Å²) in [6.45, 7) is 2.80. The fourth-order valence-electron chi connectivity index (χ4n) is 6.92. The smallest absolute Gasteiger partial charge is 0.258 e. The zero-order valence-electron chi connectivity index (χ0n) is 22.1.